The minimum absolute atomic E-state index is 1.07. The molecule has 3 rings (SSSR count). The number of nitrogens with zero attached hydrogens (tertiary/aromatic N) is 1. The van der Waals surface area contributed by atoms with Gasteiger partial charge in [-0.15, -0.1) is 11.3 Å². The Hall–Kier alpha value is -1.10. The van der Waals surface area contributed by atoms with Crippen LogP contribution in [-0.4, -0.2) is 4.98 Å². The van der Waals surface area contributed by atoms with Crippen LogP contribution in [0.4, 0.5) is 0 Å². The van der Waals surface area contributed by atoms with Gasteiger partial charge in [0.2, 0.25) is 0 Å². The van der Waals surface area contributed by atoms with Crippen molar-refractivity contribution < 1.29 is 0 Å². The minimum atomic E-state index is 1.07. The molecule has 0 fully saturated rings. The largest absolute Gasteiger partial charge is 0.237 e. The molecule has 1 nitrogen and oxygen atoms in total. The molecular weight excluding hydrogens is 350 g/mol. The van der Waals surface area contributed by atoms with Crippen LogP contribution < -0.4 is 0 Å². The molecule has 1 heterocycles. The summed E-state index contributed by atoms with van der Waals surface area (Å²) in [5.41, 5.74) is 2.51. The summed E-state index contributed by atoms with van der Waals surface area (Å²) in [6.07, 6.45) is 1.95. The third-order valence-corrected chi connectivity index (χ3v) is 5.43. The Bertz CT molecular complexity index is 719. The fourth-order valence-corrected chi connectivity index (χ4v) is 4.36. The fourth-order valence-electron chi connectivity index (χ4n) is 1.79. The summed E-state index contributed by atoms with van der Waals surface area (Å²) >= 11 is 6.92. The van der Waals surface area contributed by atoms with E-state index < -0.39 is 0 Å². The zero-order valence-corrected chi connectivity index (χ0v) is 14.1. The number of aromatic nitrogens is 1. The van der Waals surface area contributed by atoms with Crippen molar-refractivity contribution in [2.45, 2.75) is 16.2 Å². The van der Waals surface area contributed by atoms with Gasteiger partial charge in [0.1, 0.15) is 0 Å². The Balaban J connectivity index is 1.82. The van der Waals surface area contributed by atoms with Gasteiger partial charge in [0.05, 0.1) is 4.88 Å². The average Bonchev–Trinajstić information content (AvgIpc) is 2.88. The van der Waals surface area contributed by atoms with Crippen molar-refractivity contribution in [1.82, 2.24) is 4.98 Å². The third kappa shape index (κ3) is 3.32. The molecule has 3 aromatic rings. The van der Waals surface area contributed by atoms with Crippen molar-refractivity contribution >= 4 is 39.0 Å². The highest BCUT2D eigenvalue weighted by Gasteiger charge is 2.06. The molecule has 0 radical (unpaired) electrons. The van der Waals surface area contributed by atoms with Crippen molar-refractivity contribution in [3.05, 3.63) is 64.8 Å². The van der Waals surface area contributed by atoms with Gasteiger partial charge < -0.3 is 0 Å². The van der Waals surface area contributed by atoms with E-state index in [2.05, 4.69) is 64.2 Å². The van der Waals surface area contributed by atoms with E-state index in [1.807, 2.05) is 18.3 Å². The van der Waals surface area contributed by atoms with Crippen LogP contribution in [0, 0.1) is 6.92 Å². The highest BCUT2D eigenvalue weighted by atomic mass is 79.9. The Morgan fingerprint density at radius 3 is 2.65 bits per heavy atom. The van der Waals surface area contributed by atoms with E-state index in [1.165, 1.54) is 20.9 Å². The predicted molar refractivity (Wildman–Crippen MR) is 90.6 cm³/mol. The number of hydrogen-bond donors (Lipinski definition) is 0. The highest BCUT2D eigenvalue weighted by Crippen LogP contribution is 2.36. The van der Waals surface area contributed by atoms with E-state index in [1.54, 1.807) is 23.1 Å². The minimum Gasteiger partial charge on any atom is -0.237 e. The monoisotopic (exact) mass is 361 g/mol. The second kappa shape index (κ2) is 6.12. The molecule has 0 aliphatic heterocycles. The second-order valence-electron chi connectivity index (χ2n) is 4.42. The summed E-state index contributed by atoms with van der Waals surface area (Å²) in [6, 6.07) is 16.9. The molecule has 0 saturated carbocycles. The lowest BCUT2D eigenvalue weighted by Crippen LogP contribution is -1.73. The van der Waals surface area contributed by atoms with Crippen LogP contribution >= 0.6 is 39.0 Å². The molecule has 100 valence electrons. The first-order valence-corrected chi connectivity index (χ1v) is 8.59. The fraction of sp³-hybridized carbons (Fsp3) is 0.0625. The summed E-state index contributed by atoms with van der Waals surface area (Å²) in [5, 5.41) is 0. The molecule has 0 amide bonds. The molecule has 1 aromatic heterocycles. The highest BCUT2D eigenvalue weighted by molar-refractivity contribution is 9.10. The summed E-state index contributed by atoms with van der Waals surface area (Å²) in [4.78, 5) is 6.92. The van der Waals surface area contributed by atoms with Gasteiger partial charge >= 0.3 is 0 Å². The van der Waals surface area contributed by atoms with Gasteiger partial charge in [-0.1, -0.05) is 63.6 Å². The Morgan fingerprint density at radius 1 is 1.10 bits per heavy atom. The van der Waals surface area contributed by atoms with Gasteiger partial charge in [0.15, 0.2) is 4.34 Å². The van der Waals surface area contributed by atoms with Crippen molar-refractivity contribution in [2.24, 2.45) is 0 Å². The number of hydrogen-bond acceptors (Lipinski definition) is 3. The number of aryl methyl sites for hydroxylation is 1. The lowest BCUT2D eigenvalue weighted by molar-refractivity contribution is 1.24. The van der Waals surface area contributed by atoms with E-state index in [0.717, 1.165) is 8.81 Å². The van der Waals surface area contributed by atoms with Gasteiger partial charge in [-0.3, -0.25) is 0 Å². The van der Waals surface area contributed by atoms with E-state index >= 15 is 0 Å². The van der Waals surface area contributed by atoms with Gasteiger partial charge in [-0.25, -0.2) is 4.98 Å². The van der Waals surface area contributed by atoms with Gasteiger partial charge in [0, 0.05) is 15.6 Å². The number of halogens is 1. The number of thiazole rings is 1. The van der Waals surface area contributed by atoms with Crippen molar-refractivity contribution in [1.29, 1.82) is 0 Å². The third-order valence-electron chi connectivity index (χ3n) is 2.82. The first-order valence-electron chi connectivity index (χ1n) is 6.17. The summed E-state index contributed by atoms with van der Waals surface area (Å²) in [7, 11) is 0. The topological polar surface area (TPSA) is 12.9 Å². The van der Waals surface area contributed by atoms with Crippen LogP contribution in [0.2, 0.25) is 0 Å². The summed E-state index contributed by atoms with van der Waals surface area (Å²) in [5.74, 6) is 0. The second-order valence-corrected chi connectivity index (χ2v) is 7.68. The molecule has 0 N–H and O–H groups in total. The van der Waals surface area contributed by atoms with Crippen LogP contribution in [0.25, 0.3) is 10.4 Å². The predicted octanol–water partition coefficient (Wildman–Crippen LogP) is 6.03. The normalized spacial score (nSPS) is 10.7. The average molecular weight is 362 g/mol. The van der Waals surface area contributed by atoms with Gasteiger partial charge in [0.25, 0.3) is 0 Å². The molecule has 20 heavy (non-hydrogen) atoms. The van der Waals surface area contributed by atoms with Crippen LogP contribution in [0.1, 0.15) is 5.56 Å². The zero-order chi connectivity index (χ0) is 13.9. The Morgan fingerprint density at radius 2 is 1.90 bits per heavy atom. The maximum absolute atomic E-state index is 4.51. The van der Waals surface area contributed by atoms with Gasteiger partial charge in [-0.2, -0.15) is 0 Å². The molecule has 0 aliphatic rings. The molecule has 0 unspecified atom stereocenters. The van der Waals surface area contributed by atoms with Crippen molar-refractivity contribution in [3.63, 3.8) is 0 Å². The number of rotatable bonds is 3. The maximum atomic E-state index is 4.51. The zero-order valence-electron chi connectivity index (χ0n) is 10.8. The molecule has 0 saturated heterocycles. The van der Waals surface area contributed by atoms with E-state index in [9.17, 15) is 0 Å². The van der Waals surface area contributed by atoms with Gasteiger partial charge in [-0.05, 0) is 30.7 Å². The van der Waals surface area contributed by atoms with Crippen LogP contribution in [-0.2, 0) is 0 Å². The van der Waals surface area contributed by atoms with Crippen LogP contribution in [0.15, 0.2) is 68.4 Å². The molecule has 0 spiro atoms. The standard InChI is InChI=1S/C16H12BrNS2/c1-11-5-7-12(8-6-11)15-10-18-16(20-15)19-14-4-2-3-13(17)9-14/h2-10H,1H3. The maximum Gasteiger partial charge on any atom is 0.155 e. The molecule has 0 bridgehead atoms. The smallest absolute Gasteiger partial charge is 0.155 e. The van der Waals surface area contributed by atoms with E-state index in [0.29, 0.717) is 0 Å². The molecule has 0 atom stereocenters. The van der Waals surface area contributed by atoms with E-state index in [-0.39, 0.29) is 0 Å². The lowest BCUT2D eigenvalue weighted by Gasteiger charge is -1.98. The van der Waals surface area contributed by atoms with Crippen molar-refractivity contribution in [2.75, 3.05) is 0 Å². The molecule has 2 aromatic carbocycles. The molecular formula is C16H12BrNS2. The number of benzene rings is 2. The Labute approximate surface area is 135 Å². The van der Waals surface area contributed by atoms with Crippen LogP contribution in [0.5, 0.6) is 0 Å². The van der Waals surface area contributed by atoms with E-state index in [4.69, 9.17) is 0 Å². The SMILES string of the molecule is Cc1ccc(-c2cnc(Sc3cccc(Br)c3)s2)cc1. The first kappa shape index (κ1) is 13.9. The quantitative estimate of drug-likeness (QED) is 0.564. The summed E-state index contributed by atoms with van der Waals surface area (Å²) < 4.78 is 2.16. The summed E-state index contributed by atoms with van der Waals surface area (Å²) in [6.45, 7) is 2.10. The lowest BCUT2D eigenvalue weighted by atomic mass is 10.1. The molecule has 4 heteroatoms. The Kier molecular flexibility index (Phi) is 4.24. The molecule has 0 aliphatic carbocycles. The van der Waals surface area contributed by atoms with Crippen molar-refractivity contribution in [3.8, 4) is 10.4 Å². The van der Waals surface area contributed by atoms with Crippen LogP contribution in [0.3, 0.4) is 0 Å². The first-order chi connectivity index (χ1) is 9.70.